The number of hydrogen-bond donors (Lipinski definition) is 0. The lowest BCUT2D eigenvalue weighted by molar-refractivity contribution is -0.274. The fraction of sp³-hybridized carbons (Fsp3) is 0.667. The summed E-state index contributed by atoms with van der Waals surface area (Å²) in [5.74, 6) is 1.05. The Morgan fingerprint density at radius 1 is 1.29 bits per heavy atom. The van der Waals surface area contributed by atoms with Crippen LogP contribution in [0.2, 0.25) is 5.02 Å². The van der Waals surface area contributed by atoms with Crippen LogP contribution in [-0.2, 0) is 4.79 Å². The highest BCUT2D eigenvalue weighted by Crippen LogP contribution is 2.51. The molecule has 0 N–H and O–H groups in total. The molecule has 0 aromatic heterocycles. The Hall–Kier alpha value is -1.43. The molecular weight excluding hydrogens is 391 g/mol. The summed E-state index contributed by atoms with van der Waals surface area (Å²) < 4.78 is 41.6. The van der Waals surface area contributed by atoms with Crippen molar-refractivity contribution in [2.45, 2.75) is 58.7 Å². The Bertz CT molecular complexity index is 714. The Kier molecular flexibility index (Phi) is 6.18. The molecule has 28 heavy (non-hydrogen) atoms. The van der Waals surface area contributed by atoms with Crippen LogP contribution in [0.1, 0.15) is 52.4 Å². The van der Waals surface area contributed by atoms with E-state index in [-0.39, 0.29) is 16.9 Å². The summed E-state index contributed by atoms with van der Waals surface area (Å²) in [5, 5.41) is 0.434. The number of hydrogen-bond acceptors (Lipinski definition) is 3. The first-order valence-corrected chi connectivity index (χ1v) is 10.3. The Morgan fingerprint density at radius 2 is 1.96 bits per heavy atom. The predicted molar refractivity (Wildman–Crippen MR) is 104 cm³/mol. The third-order valence-corrected chi connectivity index (χ3v) is 6.93. The number of carbonyl (C=O) groups is 1. The molecule has 1 aromatic rings. The van der Waals surface area contributed by atoms with Crippen LogP contribution in [0.15, 0.2) is 18.2 Å². The molecule has 0 amide bonds. The number of ether oxygens (including phenoxy) is 1. The van der Waals surface area contributed by atoms with E-state index in [1.54, 1.807) is 6.92 Å². The molecule has 1 saturated carbocycles. The van der Waals surface area contributed by atoms with Gasteiger partial charge in [-0.2, -0.15) is 0 Å². The van der Waals surface area contributed by atoms with Crippen LogP contribution in [0.25, 0.3) is 0 Å². The van der Waals surface area contributed by atoms with Crippen LogP contribution in [0.3, 0.4) is 0 Å². The van der Waals surface area contributed by atoms with Crippen LogP contribution >= 0.6 is 11.6 Å². The van der Waals surface area contributed by atoms with Crippen LogP contribution < -0.4 is 9.64 Å². The van der Waals surface area contributed by atoms with Crippen LogP contribution in [0.4, 0.5) is 18.9 Å². The van der Waals surface area contributed by atoms with Crippen molar-refractivity contribution in [1.82, 2.24) is 0 Å². The van der Waals surface area contributed by atoms with Gasteiger partial charge in [-0.15, -0.1) is 13.2 Å². The van der Waals surface area contributed by atoms with Gasteiger partial charge in [-0.3, -0.25) is 0 Å². The van der Waals surface area contributed by atoms with Gasteiger partial charge >= 0.3 is 6.36 Å². The van der Waals surface area contributed by atoms with Crippen molar-refractivity contribution in [1.29, 1.82) is 0 Å². The molecule has 7 heteroatoms. The van der Waals surface area contributed by atoms with E-state index in [0.717, 1.165) is 45.2 Å². The topological polar surface area (TPSA) is 29.5 Å². The van der Waals surface area contributed by atoms with Gasteiger partial charge in [0, 0.05) is 25.6 Å². The molecule has 3 rings (SSSR count). The molecule has 156 valence electrons. The standard InChI is InChI=1S/C21H27ClF3NO2/c1-14-11-16(12-15(2)27)5-6-20(14)7-9-26(10-8-20)19-13-17(3-4-18(19)22)28-21(23,24)25/h3-4,13-14,16H,5-12H2,1-2H3. The third-order valence-electron chi connectivity index (χ3n) is 6.61. The molecule has 2 fully saturated rings. The van der Waals surface area contributed by atoms with Gasteiger partial charge in [-0.1, -0.05) is 18.5 Å². The molecule has 3 nitrogen and oxygen atoms in total. The van der Waals surface area contributed by atoms with E-state index < -0.39 is 6.36 Å². The minimum absolute atomic E-state index is 0.245. The van der Waals surface area contributed by atoms with Crippen molar-refractivity contribution >= 4 is 23.1 Å². The van der Waals surface area contributed by atoms with Gasteiger partial charge in [0.05, 0.1) is 10.7 Å². The summed E-state index contributed by atoms with van der Waals surface area (Å²) in [4.78, 5) is 13.5. The van der Waals surface area contributed by atoms with Gasteiger partial charge in [0.1, 0.15) is 11.5 Å². The van der Waals surface area contributed by atoms with E-state index in [2.05, 4.69) is 16.6 Å². The zero-order valence-electron chi connectivity index (χ0n) is 16.3. The zero-order valence-corrected chi connectivity index (χ0v) is 17.1. The van der Waals surface area contributed by atoms with Gasteiger partial charge in [0.15, 0.2) is 0 Å². The van der Waals surface area contributed by atoms with E-state index in [0.29, 0.717) is 29.0 Å². The maximum atomic E-state index is 12.5. The molecule has 1 heterocycles. The molecule has 2 atom stereocenters. The van der Waals surface area contributed by atoms with Crippen molar-refractivity contribution in [3.05, 3.63) is 23.2 Å². The number of halogens is 4. The maximum absolute atomic E-state index is 12.5. The van der Waals surface area contributed by atoms with Crippen molar-refractivity contribution < 1.29 is 22.7 Å². The molecule has 0 radical (unpaired) electrons. The highest BCUT2D eigenvalue weighted by Gasteiger charge is 2.43. The van der Waals surface area contributed by atoms with Gasteiger partial charge in [-0.05, 0) is 68.4 Å². The van der Waals surface area contributed by atoms with Crippen molar-refractivity contribution in [2.75, 3.05) is 18.0 Å². The number of rotatable bonds is 4. The average molecular weight is 418 g/mol. The monoisotopic (exact) mass is 417 g/mol. The highest BCUT2D eigenvalue weighted by atomic mass is 35.5. The number of carbonyl (C=O) groups excluding carboxylic acids is 1. The number of benzene rings is 1. The number of Topliss-reactive ketones (excluding diaryl/α,β-unsaturated/α-hetero) is 1. The normalized spacial score (nSPS) is 25.0. The summed E-state index contributed by atoms with van der Waals surface area (Å²) in [6, 6.07) is 4.07. The Balaban J connectivity index is 1.66. The second-order valence-electron chi connectivity index (χ2n) is 8.46. The summed E-state index contributed by atoms with van der Waals surface area (Å²) in [6.45, 7) is 5.47. The molecule has 2 unspecified atom stereocenters. The second-order valence-corrected chi connectivity index (χ2v) is 8.87. The van der Waals surface area contributed by atoms with Crippen LogP contribution in [0.5, 0.6) is 5.75 Å². The van der Waals surface area contributed by atoms with Crippen molar-refractivity contribution in [3.63, 3.8) is 0 Å². The summed E-state index contributed by atoms with van der Waals surface area (Å²) in [7, 11) is 0. The van der Waals surface area contributed by atoms with E-state index in [1.165, 1.54) is 18.2 Å². The van der Waals surface area contributed by atoms with Gasteiger partial charge in [-0.25, -0.2) is 0 Å². The number of anilines is 1. The maximum Gasteiger partial charge on any atom is 0.573 e. The summed E-state index contributed by atoms with van der Waals surface area (Å²) >= 11 is 6.26. The lowest BCUT2D eigenvalue weighted by Gasteiger charge is -2.50. The van der Waals surface area contributed by atoms with Gasteiger partial charge < -0.3 is 14.4 Å². The van der Waals surface area contributed by atoms with E-state index >= 15 is 0 Å². The predicted octanol–water partition coefficient (Wildman–Crippen LogP) is 6.24. The second kappa shape index (κ2) is 8.13. The van der Waals surface area contributed by atoms with E-state index in [9.17, 15) is 18.0 Å². The number of nitrogens with zero attached hydrogens (tertiary/aromatic N) is 1. The molecule has 0 bridgehead atoms. The van der Waals surface area contributed by atoms with E-state index in [4.69, 9.17) is 11.6 Å². The number of piperidine rings is 1. The SMILES string of the molecule is CC(=O)CC1CCC2(CCN(c3cc(OC(F)(F)F)ccc3Cl)CC2)C(C)C1. The minimum Gasteiger partial charge on any atom is -0.406 e. The molecule has 1 saturated heterocycles. The van der Waals surface area contributed by atoms with E-state index in [1.807, 2.05) is 0 Å². The molecule has 1 aliphatic heterocycles. The first-order chi connectivity index (χ1) is 13.1. The fourth-order valence-electron chi connectivity index (χ4n) is 5.07. The van der Waals surface area contributed by atoms with Crippen molar-refractivity contribution in [2.24, 2.45) is 17.3 Å². The van der Waals surface area contributed by atoms with Gasteiger partial charge in [0.25, 0.3) is 0 Å². The molecule has 1 aliphatic carbocycles. The summed E-state index contributed by atoms with van der Waals surface area (Å²) in [6.07, 6.45) is 1.21. The lowest BCUT2D eigenvalue weighted by atomic mass is 9.59. The summed E-state index contributed by atoms with van der Waals surface area (Å²) in [5.41, 5.74) is 0.854. The fourth-order valence-corrected chi connectivity index (χ4v) is 5.30. The van der Waals surface area contributed by atoms with Crippen LogP contribution in [0, 0.1) is 17.3 Å². The van der Waals surface area contributed by atoms with Crippen molar-refractivity contribution in [3.8, 4) is 5.75 Å². The third kappa shape index (κ3) is 4.94. The molecule has 2 aliphatic rings. The lowest BCUT2D eigenvalue weighted by Crippen LogP contribution is -2.46. The first-order valence-electron chi connectivity index (χ1n) is 9.88. The first kappa shape index (κ1) is 21.3. The molecule has 1 aromatic carbocycles. The smallest absolute Gasteiger partial charge is 0.406 e. The number of alkyl halides is 3. The molecular formula is C21H27ClF3NO2. The Morgan fingerprint density at radius 3 is 2.54 bits per heavy atom. The quantitative estimate of drug-likeness (QED) is 0.580. The molecule has 1 spiro atoms. The number of ketones is 1. The van der Waals surface area contributed by atoms with Crippen LogP contribution in [-0.4, -0.2) is 25.2 Å². The Labute approximate surface area is 169 Å². The minimum atomic E-state index is -4.72. The zero-order chi connectivity index (χ0) is 20.5. The highest BCUT2D eigenvalue weighted by molar-refractivity contribution is 6.33. The average Bonchev–Trinajstić information content (AvgIpc) is 2.59. The largest absolute Gasteiger partial charge is 0.573 e. The van der Waals surface area contributed by atoms with Gasteiger partial charge in [0.2, 0.25) is 0 Å².